The highest BCUT2D eigenvalue weighted by Gasteiger charge is 2.31. The number of carbonyl (C=O) groups is 1. The standard InChI is InChI=1S/C16H18N6OS/c23-15(8-4-9-21-11-17-19-20-21)22-10-3-6-13(22)16-18-12-5-1-2-7-14(12)24-16/h1-2,5,7,11,13H,3-4,6,8-10H2. The second-order valence-corrected chi connectivity index (χ2v) is 7.00. The van der Waals surface area contributed by atoms with Crippen LogP contribution in [0.2, 0.25) is 0 Å². The van der Waals surface area contributed by atoms with Gasteiger partial charge in [0.25, 0.3) is 0 Å². The van der Waals surface area contributed by atoms with Crippen LogP contribution in [0.15, 0.2) is 30.6 Å². The van der Waals surface area contributed by atoms with Crippen molar-refractivity contribution >= 4 is 27.5 Å². The van der Waals surface area contributed by atoms with E-state index in [4.69, 9.17) is 4.98 Å². The number of rotatable bonds is 5. The van der Waals surface area contributed by atoms with E-state index in [1.807, 2.05) is 23.1 Å². The van der Waals surface area contributed by atoms with Crippen molar-refractivity contribution in [3.05, 3.63) is 35.6 Å². The molecule has 1 saturated heterocycles. The molecule has 1 atom stereocenters. The molecule has 3 aromatic rings. The van der Waals surface area contributed by atoms with E-state index in [2.05, 4.69) is 21.6 Å². The molecule has 1 aromatic carbocycles. The maximum absolute atomic E-state index is 12.6. The Morgan fingerprint density at radius 1 is 1.33 bits per heavy atom. The van der Waals surface area contributed by atoms with Gasteiger partial charge in [-0.05, 0) is 41.8 Å². The lowest BCUT2D eigenvalue weighted by molar-refractivity contribution is -0.132. The van der Waals surface area contributed by atoms with Gasteiger partial charge in [-0.1, -0.05) is 12.1 Å². The van der Waals surface area contributed by atoms with Crippen LogP contribution in [0.5, 0.6) is 0 Å². The first-order valence-electron chi connectivity index (χ1n) is 8.17. The van der Waals surface area contributed by atoms with Crippen LogP contribution in [0.25, 0.3) is 10.2 Å². The fourth-order valence-electron chi connectivity index (χ4n) is 3.17. The molecule has 0 N–H and O–H groups in total. The highest BCUT2D eigenvalue weighted by molar-refractivity contribution is 7.18. The zero-order valence-electron chi connectivity index (χ0n) is 13.2. The number of thiazole rings is 1. The lowest BCUT2D eigenvalue weighted by Crippen LogP contribution is -2.30. The maximum atomic E-state index is 12.6. The summed E-state index contributed by atoms with van der Waals surface area (Å²) < 4.78 is 2.84. The minimum absolute atomic E-state index is 0.128. The molecular formula is C16H18N6OS. The van der Waals surface area contributed by atoms with Gasteiger partial charge in [0.1, 0.15) is 11.3 Å². The highest BCUT2D eigenvalue weighted by atomic mass is 32.1. The van der Waals surface area contributed by atoms with Gasteiger partial charge in [0.05, 0.1) is 16.3 Å². The number of hydrogen-bond donors (Lipinski definition) is 0. The third-order valence-electron chi connectivity index (χ3n) is 4.34. The molecule has 1 aliphatic heterocycles. The molecule has 0 aliphatic carbocycles. The van der Waals surface area contributed by atoms with Crippen LogP contribution in [0, 0.1) is 0 Å². The van der Waals surface area contributed by atoms with Crippen LogP contribution in [0.1, 0.15) is 36.7 Å². The fraction of sp³-hybridized carbons (Fsp3) is 0.438. The van der Waals surface area contributed by atoms with E-state index >= 15 is 0 Å². The van der Waals surface area contributed by atoms with Gasteiger partial charge >= 0.3 is 0 Å². The number of nitrogens with zero attached hydrogens (tertiary/aromatic N) is 6. The van der Waals surface area contributed by atoms with Crippen molar-refractivity contribution in [2.45, 2.75) is 38.3 Å². The predicted molar refractivity (Wildman–Crippen MR) is 90.4 cm³/mol. The van der Waals surface area contributed by atoms with Gasteiger partial charge in [-0.3, -0.25) is 4.79 Å². The van der Waals surface area contributed by atoms with Crippen LogP contribution in [0.4, 0.5) is 0 Å². The van der Waals surface area contributed by atoms with Gasteiger partial charge in [-0.25, -0.2) is 9.67 Å². The number of benzene rings is 1. The lowest BCUT2D eigenvalue weighted by Gasteiger charge is -2.23. The Morgan fingerprint density at radius 3 is 3.08 bits per heavy atom. The fourth-order valence-corrected chi connectivity index (χ4v) is 4.29. The minimum atomic E-state index is 0.128. The number of aromatic nitrogens is 5. The van der Waals surface area contributed by atoms with E-state index in [0.717, 1.165) is 36.3 Å². The number of aryl methyl sites for hydroxylation is 1. The van der Waals surface area contributed by atoms with Crippen molar-refractivity contribution in [1.29, 1.82) is 0 Å². The summed E-state index contributed by atoms with van der Waals surface area (Å²) >= 11 is 1.70. The molecule has 2 aromatic heterocycles. The monoisotopic (exact) mass is 342 g/mol. The van der Waals surface area contributed by atoms with Crippen molar-refractivity contribution in [2.24, 2.45) is 0 Å². The Hall–Kier alpha value is -2.35. The predicted octanol–water partition coefficient (Wildman–Crippen LogP) is 2.43. The second-order valence-electron chi connectivity index (χ2n) is 5.94. The summed E-state index contributed by atoms with van der Waals surface area (Å²) in [6.45, 7) is 1.49. The lowest BCUT2D eigenvalue weighted by atomic mass is 10.2. The van der Waals surface area contributed by atoms with Crippen LogP contribution in [-0.4, -0.2) is 42.5 Å². The molecular weight excluding hydrogens is 324 g/mol. The molecule has 3 heterocycles. The first-order chi connectivity index (χ1) is 11.8. The Morgan fingerprint density at radius 2 is 2.25 bits per heavy atom. The van der Waals surface area contributed by atoms with Gasteiger partial charge in [0.2, 0.25) is 5.91 Å². The molecule has 8 heteroatoms. The van der Waals surface area contributed by atoms with Crippen LogP contribution in [0.3, 0.4) is 0 Å². The highest BCUT2D eigenvalue weighted by Crippen LogP contribution is 2.36. The normalized spacial score (nSPS) is 17.7. The Bertz CT molecular complexity index is 797. The van der Waals surface area contributed by atoms with Crippen LogP contribution in [-0.2, 0) is 11.3 Å². The SMILES string of the molecule is O=C(CCCn1cnnn1)N1CCCC1c1nc2ccccc2s1. The summed E-state index contributed by atoms with van der Waals surface area (Å²) in [5, 5.41) is 12.1. The van der Waals surface area contributed by atoms with Gasteiger partial charge in [0.15, 0.2) is 0 Å². The molecule has 4 rings (SSSR count). The quantitative estimate of drug-likeness (QED) is 0.712. The number of likely N-dealkylation sites (tertiary alicyclic amines) is 1. The molecule has 0 bridgehead atoms. The first kappa shape index (κ1) is 15.2. The van der Waals surface area contributed by atoms with Gasteiger partial charge in [-0.2, -0.15) is 0 Å². The first-order valence-corrected chi connectivity index (χ1v) is 8.98. The molecule has 124 valence electrons. The van der Waals surface area contributed by atoms with E-state index in [1.165, 1.54) is 4.70 Å². The van der Waals surface area contributed by atoms with Gasteiger partial charge < -0.3 is 4.90 Å². The van der Waals surface area contributed by atoms with E-state index in [-0.39, 0.29) is 11.9 Å². The smallest absolute Gasteiger partial charge is 0.223 e. The average molecular weight is 342 g/mol. The molecule has 7 nitrogen and oxygen atoms in total. The van der Waals surface area contributed by atoms with Crippen LogP contribution < -0.4 is 0 Å². The zero-order chi connectivity index (χ0) is 16.4. The van der Waals surface area contributed by atoms with E-state index < -0.39 is 0 Å². The summed E-state index contributed by atoms with van der Waals surface area (Å²) in [5.74, 6) is 0.199. The molecule has 24 heavy (non-hydrogen) atoms. The third kappa shape index (κ3) is 3.01. The summed E-state index contributed by atoms with van der Waals surface area (Å²) in [6.07, 6.45) is 4.87. The molecule has 1 aliphatic rings. The number of para-hydroxylation sites is 1. The summed E-state index contributed by atoms with van der Waals surface area (Å²) in [4.78, 5) is 19.4. The molecule has 1 fully saturated rings. The third-order valence-corrected chi connectivity index (χ3v) is 5.48. The number of fused-ring (bicyclic) bond motifs is 1. The van der Waals surface area contributed by atoms with Crippen molar-refractivity contribution < 1.29 is 4.79 Å². The molecule has 1 unspecified atom stereocenters. The van der Waals surface area contributed by atoms with Crippen molar-refractivity contribution in [3.8, 4) is 0 Å². The minimum Gasteiger partial charge on any atom is -0.333 e. The molecule has 0 spiro atoms. The van der Waals surface area contributed by atoms with Crippen LogP contribution >= 0.6 is 11.3 Å². The Labute approximate surface area is 143 Å². The molecule has 0 saturated carbocycles. The summed E-state index contributed by atoms with van der Waals surface area (Å²) in [5.41, 5.74) is 1.02. The molecule has 0 radical (unpaired) electrons. The average Bonchev–Trinajstić information content (AvgIpc) is 3.33. The Balaban J connectivity index is 1.42. The van der Waals surface area contributed by atoms with Gasteiger partial charge in [-0.15, -0.1) is 16.4 Å². The van der Waals surface area contributed by atoms with E-state index in [9.17, 15) is 4.79 Å². The number of carbonyl (C=O) groups excluding carboxylic acids is 1. The van der Waals surface area contributed by atoms with E-state index in [1.54, 1.807) is 22.3 Å². The number of amides is 1. The number of tetrazole rings is 1. The van der Waals surface area contributed by atoms with E-state index in [0.29, 0.717) is 13.0 Å². The topological polar surface area (TPSA) is 76.8 Å². The van der Waals surface area contributed by atoms with Gasteiger partial charge in [0, 0.05) is 19.5 Å². The summed E-state index contributed by atoms with van der Waals surface area (Å²) in [7, 11) is 0. The van der Waals surface area contributed by atoms with Crippen molar-refractivity contribution in [1.82, 2.24) is 30.1 Å². The van der Waals surface area contributed by atoms with Crippen molar-refractivity contribution in [2.75, 3.05) is 6.54 Å². The molecule has 1 amide bonds. The number of hydrogen-bond acceptors (Lipinski definition) is 6. The Kier molecular flexibility index (Phi) is 4.20. The largest absolute Gasteiger partial charge is 0.333 e. The summed E-state index contributed by atoms with van der Waals surface area (Å²) in [6, 6.07) is 8.28. The maximum Gasteiger partial charge on any atom is 0.223 e. The zero-order valence-corrected chi connectivity index (χ0v) is 14.0. The second kappa shape index (κ2) is 6.64. The van der Waals surface area contributed by atoms with Crippen molar-refractivity contribution in [3.63, 3.8) is 0 Å².